The topological polar surface area (TPSA) is 93.1 Å². The van der Waals surface area contributed by atoms with Crippen LogP contribution in [0.1, 0.15) is 18.2 Å². The number of anilines is 1. The molecule has 2 rings (SSSR count). The summed E-state index contributed by atoms with van der Waals surface area (Å²) < 4.78 is 10.2. The molecule has 26 heavy (non-hydrogen) atoms. The Hall–Kier alpha value is -2.94. The predicted octanol–water partition coefficient (Wildman–Crippen LogP) is 2.76. The fraction of sp³-hybridized carbons (Fsp3) is 0.294. The van der Waals surface area contributed by atoms with E-state index in [0.29, 0.717) is 28.7 Å². The molecule has 1 heterocycles. The van der Waals surface area contributed by atoms with E-state index in [2.05, 4.69) is 15.5 Å². The molecule has 0 bridgehead atoms. The molecule has 0 aliphatic carbocycles. The van der Waals surface area contributed by atoms with E-state index < -0.39 is 6.09 Å². The molecular weight excluding hydrogens is 356 g/mol. The third-order valence-electron chi connectivity index (χ3n) is 3.03. The Morgan fingerprint density at radius 1 is 1.35 bits per heavy atom. The lowest BCUT2D eigenvalue weighted by atomic mass is 10.2. The number of esters is 1. The molecule has 2 aromatic rings. The lowest BCUT2D eigenvalue weighted by Gasteiger charge is -2.11. The van der Waals surface area contributed by atoms with Crippen LogP contribution in [-0.4, -0.2) is 48.9 Å². The van der Waals surface area contributed by atoms with Gasteiger partial charge in [0.05, 0.1) is 24.9 Å². The lowest BCUT2D eigenvalue weighted by Crippen LogP contribution is -2.25. The summed E-state index contributed by atoms with van der Waals surface area (Å²) >= 11 is 1.33. The fourth-order valence-corrected chi connectivity index (χ4v) is 2.48. The van der Waals surface area contributed by atoms with Crippen LogP contribution in [0.5, 0.6) is 5.75 Å². The van der Waals surface area contributed by atoms with Crippen molar-refractivity contribution in [2.45, 2.75) is 13.3 Å². The molecule has 0 saturated carbocycles. The van der Waals surface area contributed by atoms with Crippen molar-refractivity contribution in [1.29, 1.82) is 0 Å². The summed E-state index contributed by atoms with van der Waals surface area (Å²) in [6.07, 6.45) is 1.19. The molecule has 1 aromatic heterocycles. The van der Waals surface area contributed by atoms with Crippen LogP contribution in [0.15, 0.2) is 34.7 Å². The summed E-state index contributed by atoms with van der Waals surface area (Å²) in [5.41, 5.74) is 4.05. The number of carbonyl (C=O) groups excluding carboxylic acids is 2. The monoisotopic (exact) mass is 376 g/mol. The van der Waals surface area contributed by atoms with Gasteiger partial charge >= 0.3 is 12.1 Å². The zero-order valence-electron chi connectivity index (χ0n) is 14.8. The smallest absolute Gasteiger partial charge is 0.414 e. The van der Waals surface area contributed by atoms with Crippen LogP contribution in [0.25, 0.3) is 0 Å². The third-order valence-corrected chi connectivity index (χ3v) is 3.82. The van der Waals surface area contributed by atoms with Gasteiger partial charge in [0.25, 0.3) is 0 Å². The van der Waals surface area contributed by atoms with Crippen molar-refractivity contribution >= 4 is 34.7 Å². The molecule has 8 nitrogen and oxygen atoms in total. The second-order valence-electron chi connectivity index (χ2n) is 5.30. The molecule has 1 aromatic carbocycles. The van der Waals surface area contributed by atoms with E-state index in [1.165, 1.54) is 22.5 Å². The number of hydrogen-bond acceptors (Lipinski definition) is 8. The van der Waals surface area contributed by atoms with Gasteiger partial charge in [-0.1, -0.05) is 12.1 Å². The van der Waals surface area contributed by atoms with Gasteiger partial charge in [-0.2, -0.15) is 5.10 Å². The van der Waals surface area contributed by atoms with E-state index in [0.717, 1.165) is 0 Å². The number of thiazole rings is 1. The number of rotatable bonds is 7. The normalized spacial score (nSPS) is 10.6. The van der Waals surface area contributed by atoms with Crippen molar-refractivity contribution in [3.63, 3.8) is 0 Å². The maximum absolute atomic E-state index is 11.7. The molecule has 1 N–H and O–H groups in total. The van der Waals surface area contributed by atoms with Crippen LogP contribution in [0.2, 0.25) is 0 Å². The van der Waals surface area contributed by atoms with Gasteiger partial charge in [0.2, 0.25) is 5.13 Å². The molecule has 0 atom stereocenters. The first-order valence-electron chi connectivity index (χ1n) is 7.87. The molecule has 0 radical (unpaired) electrons. The van der Waals surface area contributed by atoms with Gasteiger partial charge in [0, 0.05) is 25.0 Å². The summed E-state index contributed by atoms with van der Waals surface area (Å²) in [4.78, 5) is 28.7. The van der Waals surface area contributed by atoms with Gasteiger partial charge in [0.1, 0.15) is 5.75 Å². The minimum atomic E-state index is -0.470. The van der Waals surface area contributed by atoms with E-state index >= 15 is 0 Å². The number of nitrogens with zero attached hydrogens (tertiary/aromatic N) is 3. The van der Waals surface area contributed by atoms with Crippen LogP contribution in [0.4, 0.5) is 9.93 Å². The second kappa shape index (κ2) is 9.52. The Kier molecular flexibility index (Phi) is 7.10. The minimum absolute atomic E-state index is 0.124. The highest BCUT2D eigenvalue weighted by atomic mass is 32.1. The van der Waals surface area contributed by atoms with Crippen molar-refractivity contribution < 1.29 is 19.1 Å². The maximum Gasteiger partial charge on any atom is 0.414 e. The molecule has 0 unspecified atom stereocenters. The molecule has 0 aliphatic heterocycles. The van der Waals surface area contributed by atoms with Crippen molar-refractivity contribution in [1.82, 2.24) is 9.88 Å². The van der Waals surface area contributed by atoms with E-state index in [-0.39, 0.29) is 12.4 Å². The number of nitrogens with one attached hydrogen (secondary N) is 1. The molecule has 0 fully saturated rings. The highest BCUT2D eigenvalue weighted by molar-refractivity contribution is 7.13. The van der Waals surface area contributed by atoms with Gasteiger partial charge in [-0.3, -0.25) is 10.2 Å². The molecule has 1 amide bonds. The molecular formula is C17H20N4O4S. The largest absolute Gasteiger partial charge is 0.466 e. The summed E-state index contributed by atoms with van der Waals surface area (Å²) in [6, 6.07) is 7.04. The lowest BCUT2D eigenvalue weighted by molar-refractivity contribution is -0.142. The van der Waals surface area contributed by atoms with E-state index in [1.807, 2.05) is 6.07 Å². The minimum Gasteiger partial charge on any atom is -0.466 e. The average molecular weight is 376 g/mol. The van der Waals surface area contributed by atoms with Crippen molar-refractivity contribution in [2.24, 2.45) is 5.10 Å². The molecule has 0 spiro atoms. The van der Waals surface area contributed by atoms with Gasteiger partial charge in [-0.15, -0.1) is 11.3 Å². The third kappa shape index (κ3) is 5.85. The van der Waals surface area contributed by atoms with E-state index in [9.17, 15) is 9.59 Å². The van der Waals surface area contributed by atoms with Crippen LogP contribution in [0, 0.1) is 0 Å². The van der Waals surface area contributed by atoms with Crippen LogP contribution in [-0.2, 0) is 16.0 Å². The Bertz CT molecular complexity index is 789. The average Bonchev–Trinajstić information content (AvgIpc) is 3.03. The summed E-state index contributed by atoms with van der Waals surface area (Å²) in [5, 5.41) is 6.42. The van der Waals surface area contributed by atoms with Crippen LogP contribution in [0.3, 0.4) is 0 Å². The fourth-order valence-electron chi connectivity index (χ4n) is 1.82. The van der Waals surface area contributed by atoms with Crippen LogP contribution < -0.4 is 10.2 Å². The van der Waals surface area contributed by atoms with Gasteiger partial charge in [-0.05, 0) is 19.1 Å². The number of aromatic nitrogens is 1. The zero-order valence-corrected chi connectivity index (χ0v) is 15.6. The number of hydrazone groups is 1. The van der Waals surface area contributed by atoms with Crippen molar-refractivity contribution in [3.8, 4) is 5.75 Å². The number of carbonyl (C=O) groups is 2. The SMILES string of the molecule is CCOC(=O)Cc1csc(NN=Cc2ccccc2OC(=O)N(C)C)n1. The van der Waals surface area contributed by atoms with E-state index in [4.69, 9.17) is 9.47 Å². The quantitative estimate of drug-likeness (QED) is 0.454. The summed E-state index contributed by atoms with van der Waals surface area (Å²) in [5.74, 6) is 0.0865. The van der Waals surface area contributed by atoms with Crippen molar-refractivity contribution in [2.75, 3.05) is 26.1 Å². The molecule has 9 heteroatoms. The predicted molar refractivity (Wildman–Crippen MR) is 99.8 cm³/mol. The molecule has 0 aliphatic rings. The highest BCUT2D eigenvalue weighted by Crippen LogP contribution is 2.18. The standard InChI is InChI=1S/C17H20N4O4S/c1-4-24-15(22)9-13-11-26-16(19-13)20-18-10-12-7-5-6-8-14(12)25-17(23)21(2)3/h5-8,10-11H,4,9H2,1-3H3,(H,19,20). The second-order valence-corrected chi connectivity index (χ2v) is 6.15. The molecule has 138 valence electrons. The molecule has 0 saturated heterocycles. The summed E-state index contributed by atoms with van der Waals surface area (Å²) in [7, 11) is 3.22. The Balaban J connectivity index is 1.98. The first-order chi connectivity index (χ1) is 12.5. The number of hydrogen-bond donors (Lipinski definition) is 1. The van der Waals surface area contributed by atoms with E-state index in [1.54, 1.807) is 44.6 Å². The van der Waals surface area contributed by atoms with Gasteiger partial charge in [-0.25, -0.2) is 9.78 Å². The van der Waals surface area contributed by atoms with Gasteiger partial charge < -0.3 is 14.4 Å². The number of benzene rings is 1. The number of amides is 1. The number of para-hydroxylation sites is 1. The maximum atomic E-state index is 11.7. The van der Waals surface area contributed by atoms with Crippen molar-refractivity contribution in [3.05, 3.63) is 40.9 Å². The highest BCUT2D eigenvalue weighted by Gasteiger charge is 2.10. The van der Waals surface area contributed by atoms with Crippen LogP contribution >= 0.6 is 11.3 Å². The Morgan fingerprint density at radius 3 is 2.85 bits per heavy atom. The zero-order chi connectivity index (χ0) is 18.9. The first-order valence-corrected chi connectivity index (χ1v) is 8.74. The first kappa shape index (κ1) is 19.4. The summed E-state index contributed by atoms with van der Waals surface area (Å²) in [6.45, 7) is 2.10. The van der Waals surface area contributed by atoms with Gasteiger partial charge in [0.15, 0.2) is 0 Å². The Labute approximate surface area is 155 Å². The Morgan fingerprint density at radius 2 is 2.12 bits per heavy atom. The number of ether oxygens (including phenoxy) is 2.